The van der Waals surface area contributed by atoms with Crippen molar-refractivity contribution in [2.75, 3.05) is 0 Å². The van der Waals surface area contributed by atoms with Gasteiger partial charge in [0.25, 0.3) is 0 Å². The molecule has 0 spiro atoms. The maximum absolute atomic E-state index is 6.70. The summed E-state index contributed by atoms with van der Waals surface area (Å²) in [6, 6.07) is 7.74. The van der Waals surface area contributed by atoms with Gasteiger partial charge in [-0.05, 0) is 61.8 Å². The van der Waals surface area contributed by atoms with Gasteiger partial charge in [0.2, 0.25) is 0 Å². The number of nitrogens with zero attached hydrogens (tertiary/aromatic N) is 8. The lowest BCUT2D eigenvalue weighted by molar-refractivity contribution is 0.00578. The molecule has 0 atom stereocenters. The summed E-state index contributed by atoms with van der Waals surface area (Å²) < 4.78 is 20.8. The van der Waals surface area contributed by atoms with E-state index in [4.69, 9.17) is 32.5 Å². The van der Waals surface area contributed by atoms with Crippen molar-refractivity contribution >= 4 is 73.5 Å². The van der Waals surface area contributed by atoms with Crippen molar-refractivity contribution in [3.8, 4) is 0 Å². The molecule has 0 aliphatic carbocycles. The van der Waals surface area contributed by atoms with E-state index in [2.05, 4.69) is 36.1 Å². The second kappa shape index (κ2) is 11.6. The van der Waals surface area contributed by atoms with Gasteiger partial charge in [-0.1, -0.05) is 29.3 Å². The molecule has 0 bridgehead atoms. The maximum Gasteiger partial charge on any atom is 0.496 e. The van der Waals surface area contributed by atoms with Gasteiger partial charge in [0.05, 0.1) is 45.4 Å². The molecular formula is C30H32BBrCl2N8O2. The first-order chi connectivity index (χ1) is 20.8. The number of rotatable bonds is 5. The van der Waals surface area contributed by atoms with Gasteiger partial charge >= 0.3 is 7.12 Å². The Morgan fingerprint density at radius 3 is 1.70 bits per heavy atom. The van der Waals surface area contributed by atoms with Crippen LogP contribution < -0.4 is 5.46 Å². The molecule has 44 heavy (non-hydrogen) atoms. The molecule has 2 aromatic carbocycles. The van der Waals surface area contributed by atoms with E-state index in [0.29, 0.717) is 23.1 Å². The summed E-state index contributed by atoms with van der Waals surface area (Å²) in [5.41, 5.74) is 1.74. The number of imidazole rings is 2. The van der Waals surface area contributed by atoms with Crippen molar-refractivity contribution in [1.82, 2.24) is 38.7 Å². The van der Waals surface area contributed by atoms with Crippen LogP contribution in [0.3, 0.4) is 0 Å². The van der Waals surface area contributed by atoms with Crippen LogP contribution >= 0.6 is 39.1 Å². The van der Waals surface area contributed by atoms with E-state index in [-0.39, 0.29) is 0 Å². The molecule has 5 heterocycles. The summed E-state index contributed by atoms with van der Waals surface area (Å²) in [5, 5.41) is 12.2. The quantitative estimate of drug-likeness (QED) is 0.205. The molecule has 1 fully saturated rings. The molecule has 228 valence electrons. The van der Waals surface area contributed by atoms with Gasteiger partial charge in [-0.15, -0.1) is 0 Å². The molecule has 7 rings (SSSR count). The molecule has 10 nitrogen and oxygen atoms in total. The number of hydrogen-bond donors (Lipinski definition) is 0. The number of aryl methyl sites for hydroxylation is 2. The Kier molecular flexibility index (Phi) is 8.17. The maximum atomic E-state index is 6.70. The van der Waals surface area contributed by atoms with Crippen LogP contribution in [-0.4, -0.2) is 57.0 Å². The Hall–Kier alpha value is -3.16. The summed E-state index contributed by atoms with van der Waals surface area (Å²) in [6.07, 6.45) is 11.3. The Balaban J connectivity index is 0.000000167. The number of halogens is 3. The average Bonchev–Trinajstić information content (AvgIpc) is 3.77. The molecule has 0 unspecified atom stereocenters. The summed E-state index contributed by atoms with van der Waals surface area (Å²) in [7, 11) is 3.44. The molecule has 6 aromatic rings. The third-order valence-corrected chi connectivity index (χ3v) is 10.00. The van der Waals surface area contributed by atoms with E-state index < -0.39 is 18.3 Å². The van der Waals surface area contributed by atoms with E-state index in [0.717, 1.165) is 43.4 Å². The van der Waals surface area contributed by atoms with E-state index in [9.17, 15) is 0 Å². The smallest absolute Gasteiger partial charge is 0.399 e. The minimum absolute atomic E-state index is 0.404. The first-order valence-electron chi connectivity index (χ1n) is 14.1. The molecule has 14 heteroatoms. The van der Waals surface area contributed by atoms with E-state index >= 15 is 0 Å². The summed E-state index contributed by atoms with van der Waals surface area (Å²) in [6.45, 7) is 9.34. The number of hydrogen-bond acceptors (Lipinski definition) is 6. The molecule has 0 saturated carbocycles. The molecule has 0 N–H and O–H groups in total. The normalized spacial score (nSPS) is 15.7. The van der Waals surface area contributed by atoms with Crippen molar-refractivity contribution in [3.05, 3.63) is 87.6 Å². The fourth-order valence-corrected chi connectivity index (χ4v) is 5.76. The van der Waals surface area contributed by atoms with Gasteiger partial charge < -0.3 is 18.4 Å². The van der Waals surface area contributed by atoms with Crippen LogP contribution in [0.25, 0.3) is 21.8 Å². The zero-order valence-electron chi connectivity index (χ0n) is 25.3. The lowest BCUT2D eigenvalue weighted by Gasteiger charge is -2.32. The molecule has 1 aliphatic heterocycles. The number of fused-ring (bicyclic) bond motifs is 2. The minimum Gasteiger partial charge on any atom is -0.399 e. The van der Waals surface area contributed by atoms with Crippen LogP contribution in [0.1, 0.15) is 39.3 Å². The van der Waals surface area contributed by atoms with Gasteiger partial charge in [0.15, 0.2) is 0 Å². The zero-order valence-corrected chi connectivity index (χ0v) is 28.4. The molecule has 0 radical (unpaired) electrons. The topological polar surface area (TPSA) is 89.7 Å². The summed E-state index contributed by atoms with van der Waals surface area (Å²) in [5.74, 6) is 1.89. The van der Waals surface area contributed by atoms with E-state index in [1.807, 2.05) is 109 Å². The third-order valence-electron chi connectivity index (χ3n) is 8.28. The minimum atomic E-state index is -0.491. The fraction of sp³-hybridized carbons (Fsp3) is 0.333. The van der Waals surface area contributed by atoms with Crippen LogP contribution in [0.15, 0.2) is 65.9 Å². The van der Waals surface area contributed by atoms with Crippen LogP contribution in [0.5, 0.6) is 0 Å². The molecule has 1 saturated heterocycles. The standard InChI is InChI=1S/C18H22BClN4O2.C12H10BrClN4/c1-17(2)18(3,4)26-19(25-17)13-6-7-14-12(16(13)20)10-24(22-14)11-15-21-8-9-23(15)5;1-17-5-4-15-11(17)7-18-6-8-10(16-18)3-2-9(13)12(8)14/h6-10H,11H2,1-5H3;2-6H,7H2,1H3. The monoisotopic (exact) mass is 696 g/mol. The number of aromatic nitrogens is 8. The number of benzene rings is 2. The largest absolute Gasteiger partial charge is 0.496 e. The van der Waals surface area contributed by atoms with Gasteiger partial charge in [0, 0.05) is 72.0 Å². The average molecular weight is 698 g/mol. The molecule has 1 aliphatic rings. The lowest BCUT2D eigenvalue weighted by atomic mass is 9.78. The van der Waals surface area contributed by atoms with Gasteiger partial charge in [0.1, 0.15) is 11.6 Å². The van der Waals surface area contributed by atoms with Crippen molar-refractivity contribution in [2.24, 2.45) is 14.1 Å². The Morgan fingerprint density at radius 1 is 0.750 bits per heavy atom. The third kappa shape index (κ3) is 5.81. The van der Waals surface area contributed by atoms with Gasteiger partial charge in [-0.2, -0.15) is 10.2 Å². The first kappa shape index (κ1) is 30.9. The van der Waals surface area contributed by atoms with Crippen molar-refractivity contribution < 1.29 is 9.31 Å². The Bertz CT molecular complexity index is 1960. The molecule has 4 aromatic heterocycles. The van der Waals surface area contributed by atoms with Crippen LogP contribution in [0, 0.1) is 0 Å². The Morgan fingerprint density at radius 2 is 1.23 bits per heavy atom. The van der Waals surface area contributed by atoms with Crippen LogP contribution in [0.4, 0.5) is 0 Å². The van der Waals surface area contributed by atoms with Crippen LogP contribution in [-0.2, 0) is 36.5 Å². The summed E-state index contributed by atoms with van der Waals surface area (Å²) in [4.78, 5) is 8.63. The second-order valence-electron chi connectivity index (χ2n) is 11.8. The van der Waals surface area contributed by atoms with Crippen molar-refractivity contribution in [3.63, 3.8) is 0 Å². The van der Waals surface area contributed by atoms with Gasteiger partial charge in [-0.3, -0.25) is 9.36 Å². The second-order valence-corrected chi connectivity index (χ2v) is 13.5. The van der Waals surface area contributed by atoms with E-state index in [1.54, 1.807) is 12.4 Å². The molecule has 0 amide bonds. The predicted molar refractivity (Wildman–Crippen MR) is 178 cm³/mol. The van der Waals surface area contributed by atoms with Crippen molar-refractivity contribution in [1.29, 1.82) is 0 Å². The highest BCUT2D eigenvalue weighted by molar-refractivity contribution is 9.10. The first-order valence-corrected chi connectivity index (χ1v) is 15.6. The van der Waals surface area contributed by atoms with Crippen LogP contribution in [0.2, 0.25) is 10.0 Å². The SMILES string of the molecule is Cn1ccnc1Cn1cc2c(Cl)c(B3OC(C)(C)C(C)(C)O3)ccc2n1.Cn1ccnc1Cn1cc2c(Cl)c(Br)ccc2n1. The highest BCUT2D eigenvalue weighted by Gasteiger charge is 2.52. The molecular weight excluding hydrogens is 666 g/mol. The Labute approximate surface area is 274 Å². The highest BCUT2D eigenvalue weighted by Crippen LogP contribution is 2.37. The predicted octanol–water partition coefficient (Wildman–Crippen LogP) is 6.00. The van der Waals surface area contributed by atoms with E-state index in [1.165, 1.54) is 0 Å². The summed E-state index contributed by atoms with van der Waals surface area (Å²) >= 11 is 16.3. The highest BCUT2D eigenvalue weighted by atomic mass is 79.9. The lowest BCUT2D eigenvalue weighted by Crippen LogP contribution is -2.41. The van der Waals surface area contributed by atoms with Gasteiger partial charge in [-0.25, -0.2) is 9.97 Å². The fourth-order valence-electron chi connectivity index (χ4n) is 4.91. The van der Waals surface area contributed by atoms with Crippen molar-refractivity contribution in [2.45, 2.75) is 52.0 Å². The zero-order chi connectivity index (χ0) is 31.4.